The summed E-state index contributed by atoms with van der Waals surface area (Å²) in [6, 6.07) is 12.0. The van der Waals surface area contributed by atoms with Gasteiger partial charge in [0, 0.05) is 37.1 Å². The highest BCUT2D eigenvalue weighted by Crippen LogP contribution is 2.26. The summed E-state index contributed by atoms with van der Waals surface area (Å²) in [5, 5.41) is 12.5. The Morgan fingerprint density at radius 3 is 2.55 bits per heavy atom. The number of hydrogen-bond donors (Lipinski definition) is 2. The Morgan fingerprint density at radius 2 is 1.90 bits per heavy atom. The van der Waals surface area contributed by atoms with Crippen molar-refractivity contribution in [3.8, 4) is 5.75 Å². The Hall–Kier alpha value is -2.23. The molecule has 2 rings (SSSR count). The lowest BCUT2D eigenvalue weighted by Crippen LogP contribution is -2.11. The minimum atomic E-state index is -0.409. The van der Waals surface area contributed by atoms with Crippen LogP contribution in [0.3, 0.4) is 0 Å². The van der Waals surface area contributed by atoms with Crippen molar-refractivity contribution in [2.75, 3.05) is 24.3 Å². The fourth-order valence-corrected chi connectivity index (χ4v) is 2.07. The Bertz CT molecular complexity index is 599. The van der Waals surface area contributed by atoms with E-state index in [1.54, 1.807) is 6.07 Å². The van der Waals surface area contributed by atoms with Crippen LogP contribution in [0.4, 0.5) is 15.8 Å². The molecule has 2 aromatic carbocycles. The molecule has 0 aliphatic rings. The zero-order valence-electron chi connectivity index (χ0n) is 11.9. The van der Waals surface area contributed by atoms with Gasteiger partial charge in [-0.15, -0.1) is 0 Å². The van der Waals surface area contributed by atoms with Gasteiger partial charge in [0.2, 0.25) is 0 Å². The number of anilines is 2. The summed E-state index contributed by atoms with van der Waals surface area (Å²) in [7, 11) is 3.95. The van der Waals surface area contributed by atoms with Crippen LogP contribution in [0.2, 0.25) is 0 Å². The van der Waals surface area contributed by atoms with Gasteiger partial charge in [0.15, 0.2) is 0 Å². The van der Waals surface area contributed by atoms with Gasteiger partial charge in [-0.3, -0.25) is 0 Å². The molecule has 0 aromatic heterocycles. The zero-order chi connectivity index (χ0) is 14.7. The van der Waals surface area contributed by atoms with Gasteiger partial charge in [0.05, 0.1) is 6.04 Å². The highest BCUT2D eigenvalue weighted by atomic mass is 19.1. The first kappa shape index (κ1) is 14.2. The summed E-state index contributed by atoms with van der Waals surface area (Å²) in [5.41, 5.74) is 2.53. The molecule has 0 heterocycles. The Labute approximate surface area is 118 Å². The van der Waals surface area contributed by atoms with Gasteiger partial charge in [-0.25, -0.2) is 4.39 Å². The summed E-state index contributed by atoms with van der Waals surface area (Å²) >= 11 is 0. The average molecular weight is 274 g/mol. The van der Waals surface area contributed by atoms with E-state index in [-0.39, 0.29) is 11.8 Å². The van der Waals surface area contributed by atoms with Crippen LogP contribution in [0.1, 0.15) is 18.5 Å². The van der Waals surface area contributed by atoms with E-state index in [4.69, 9.17) is 0 Å². The fraction of sp³-hybridized carbons (Fsp3) is 0.250. The Balaban J connectivity index is 2.19. The van der Waals surface area contributed by atoms with Crippen molar-refractivity contribution >= 4 is 11.4 Å². The highest BCUT2D eigenvalue weighted by molar-refractivity contribution is 5.58. The van der Waals surface area contributed by atoms with Crippen molar-refractivity contribution < 1.29 is 9.50 Å². The second kappa shape index (κ2) is 5.82. The monoisotopic (exact) mass is 274 g/mol. The van der Waals surface area contributed by atoms with Crippen LogP contribution < -0.4 is 10.2 Å². The number of hydrogen-bond acceptors (Lipinski definition) is 3. The predicted molar refractivity (Wildman–Crippen MR) is 80.9 cm³/mol. The number of nitrogens with one attached hydrogen (secondary N) is 1. The molecule has 0 amide bonds. The molecule has 0 saturated heterocycles. The molecular weight excluding hydrogens is 255 g/mol. The number of halogens is 1. The molecule has 2 N–H and O–H groups in total. The first-order valence-corrected chi connectivity index (χ1v) is 6.49. The molecule has 0 spiro atoms. The van der Waals surface area contributed by atoms with E-state index in [1.165, 1.54) is 6.07 Å². The van der Waals surface area contributed by atoms with E-state index in [0.29, 0.717) is 5.56 Å². The van der Waals surface area contributed by atoms with Crippen molar-refractivity contribution in [3.05, 3.63) is 53.8 Å². The normalized spacial score (nSPS) is 12.0. The molecule has 0 radical (unpaired) electrons. The van der Waals surface area contributed by atoms with Crippen LogP contribution in [0.15, 0.2) is 42.5 Å². The molecule has 1 unspecified atom stereocenters. The SMILES string of the molecule is CC(Nc1cccc(N(C)C)c1)c1ccc(O)cc1F. The van der Waals surface area contributed by atoms with Gasteiger partial charge in [0.1, 0.15) is 11.6 Å². The molecule has 0 bridgehead atoms. The quantitative estimate of drug-likeness (QED) is 0.891. The summed E-state index contributed by atoms with van der Waals surface area (Å²) in [6.45, 7) is 1.89. The van der Waals surface area contributed by atoms with E-state index in [0.717, 1.165) is 17.4 Å². The second-order valence-electron chi connectivity index (χ2n) is 5.02. The van der Waals surface area contributed by atoms with Crippen LogP contribution >= 0.6 is 0 Å². The van der Waals surface area contributed by atoms with Crippen LogP contribution in [-0.2, 0) is 0 Å². The number of rotatable bonds is 4. The smallest absolute Gasteiger partial charge is 0.132 e. The molecule has 0 aliphatic heterocycles. The molecule has 3 nitrogen and oxygen atoms in total. The minimum absolute atomic E-state index is 0.0620. The van der Waals surface area contributed by atoms with Crippen molar-refractivity contribution in [2.24, 2.45) is 0 Å². The largest absolute Gasteiger partial charge is 0.508 e. The Morgan fingerprint density at radius 1 is 1.15 bits per heavy atom. The van der Waals surface area contributed by atoms with E-state index in [2.05, 4.69) is 5.32 Å². The van der Waals surface area contributed by atoms with Crippen LogP contribution in [0.25, 0.3) is 0 Å². The molecule has 0 saturated carbocycles. The Kier molecular flexibility index (Phi) is 4.13. The van der Waals surface area contributed by atoms with E-state index < -0.39 is 5.82 Å². The molecule has 106 valence electrons. The van der Waals surface area contributed by atoms with Crippen LogP contribution in [0, 0.1) is 5.82 Å². The number of aromatic hydroxyl groups is 1. The van der Waals surface area contributed by atoms with Crippen molar-refractivity contribution in [2.45, 2.75) is 13.0 Å². The maximum absolute atomic E-state index is 13.8. The van der Waals surface area contributed by atoms with E-state index in [9.17, 15) is 9.50 Å². The number of phenolic OH excluding ortho intramolecular Hbond substituents is 1. The number of phenols is 1. The lowest BCUT2D eigenvalue weighted by Gasteiger charge is -2.19. The number of benzene rings is 2. The van der Waals surface area contributed by atoms with Gasteiger partial charge in [-0.2, -0.15) is 0 Å². The standard InChI is InChI=1S/C16H19FN2O/c1-11(15-8-7-14(20)10-16(15)17)18-12-5-4-6-13(9-12)19(2)3/h4-11,18,20H,1-3H3. The van der Waals surface area contributed by atoms with Gasteiger partial charge in [-0.1, -0.05) is 12.1 Å². The average Bonchev–Trinajstić information content (AvgIpc) is 2.38. The zero-order valence-corrected chi connectivity index (χ0v) is 11.9. The molecule has 1 atom stereocenters. The lowest BCUT2D eigenvalue weighted by molar-refractivity contribution is 0.467. The number of nitrogens with zero attached hydrogens (tertiary/aromatic N) is 1. The maximum Gasteiger partial charge on any atom is 0.132 e. The lowest BCUT2D eigenvalue weighted by atomic mass is 10.1. The van der Waals surface area contributed by atoms with Crippen molar-refractivity contribution in [1.29, 1.82) is 0 Å². The molecule has 0 aliphatic carbocycles. The summed E-state index contributed by atoms with van der Waals surface area (Å²) in [4.78, 5) is 2.01. The van der Waals surface area contributed by atoms with Crippen LogP contribution in [0.5, 0.6) is 5.75 Å². The molecule has 20 heavy (non-hydrogen) atoms. The van der Waals surface area contributed by atoms with E-state index >= 15 is 0 Å². The molecule has 2 aromatic rings. The van der Waals surface area contributed by atoms with Gasteiger partial charge in [0.25, 0.3) is 0 Å². The molecule has 4 heteroatoms. The third kappa shape index (κ3) is 3.20. The first-order valence-electron chi connectivity index (χ1n) is 6.49. The molecular formula is C16H19FN2O. The van der Waals surface area contributed by atoms with Gasteiger partial charge >= 0.3 is 0 Å². The van der Waals surface area contributed by atoms with Crippen LogP contribution in [-0.4, -0.2) is 19.2 Å². The fourth-order valence-electron chi connectivity index (χ4n) is 2.07. The minimum Gasteiger partial charge on any atom is -0.508 e. The molecule has 0 fully saturated rings. The van der Waals surface area contributed by atoms with Gasteiger partial charge < -0.3 is 15.3 Å². The second-order valence-corrected chi connectivity index (χ2v) is 5.02. The first-order chi connectivity index (χ1) is 9.47. The highest BCUT2D eigenvalue weighted by Gasteiger charge is 2.11. The summed E-state index contributed by atoms with van der Waals surface area (Å²) in [6.07, 6.45) is 0. The predicted octanol–water partition coefficient (Wildman–Crippen LogP) is 3.77. The van der Waals surface area contributed by atoms with E-state index in [1.807, 2.05) is 50.2 Å². The topological polar surface area (TPSA) is 35.5 Å². The van der Waals surface area contributed by atoms with Crippen molar-refractivity contribution in [1.82, 2.24) is 0 Å². The summed E-state index contributed by atoms with van der Waals surface area (Å²) in [5.74, 6) is -0.471. The van der Waals surface area contributed by atoms with Crippen molar-refractivity contribution in [3.63, 3.8) is 0 Å². The maximum atomic E-state index is 13.8. The third-order valence-corrected chi connectivity index (χ3v) is 3.20. The van der Waals surface area contributed by atoms with Gasteiger partial charge in [-0.05, 0) is 31.2 Å². The third-order valence-electron chi connectivity index (χ3n) is 3.20. The summed E-state index contributed by atoms with van der Waals surface area (Å²) < 4.78 is 13.8.